The number of benzene rings is 1. The fourth-order valence-corrected chi connectivity index (χ4v) is 4.93. The molecule has 8 nitrogen and oxygen atoms in total. The van der Waals surface area contributed by atoms with Crippen LogP contribution in [0.5, 0.6) is 0 Å². The highest BCUT2D eigenvalue weighted by atomic mass is 19.1. The Morgan fingerprint density at radius 1 is 1.25 bits per heavy atom. The molecule has 0 aliphatic carbocycles. The fraction of sp³-hybridized carbons (Fsp3) is 0.565. The molecule has 0 radical (unpaired) electrons. The van der Waals surface area contributed by atoms with Crippen LogP contribution in [0, 0.1) is 17.7 Å². The molecule has 0 spiro atoms. The Morgan fingerprint density at radius 3 is 2.81 bits per heavy atom. The highest BCUT2D eigenvalue weighted by molar-refractivity contribution is 5.84. The molecule has 1 aromatic carbocycles. The molecular weight excluding hydrogens is 411 g/mol. The zero-order valence-corrected chi connectivity index (χ0v) is 18.8. The standard InChI is InChI=1S/C23H29FN6O2/c1-14(2)21-18-5-4-6-19(24)22(18)30(26-21)23-25-20(32-27-23)9-16-7-8-28(10-16)11-17-12-29(13-17)15(3)31/h4-6,14,16-17H,7-13H2,1-3H3/t16-/m1/s1. The second-order valence-electron chi connectivity index (χ2n) is 9.48. The van der Waals surface area contributed by atoms with Crippen LogP contribution in [-0.4, -0.2) is 68.4 Å². The fourth-order valence-electron chi connectivity index (χ4n) is 4.93. The summed E-state index contributed by atoms with van der Waals surface area (Å²) in [5.74, 6) is 1.82. The third kappa shape index (κ3) is 3.90. The van der Waals surface area contributed by atoms with Crippen molar-refractivity contribution in [2.45, 2.75) is 39.5 Å². The summed E-state index contributed by atoms with van der Waals surface area (Å²) >= 11 is 0. The molecule has 0 saturated carbocycles. The predicted molar refractivity (Wildman–Crippen MR) is 117 cm³/mol. The van der Waals surface area contributed by atoms with Crippen molar-refractivity contribution in [1.82, 2.24) is 29.7 Å². The normalized spacial score (nSPS) is 19.9. The third-order valence-corrected chi connectivity index (χ3v) is 6.63. The van der Waals surface area contributed by atoms with Gasteiger partial charge in [0.1, 0.15) is 11.3 Å². The molecule has 3 aromatic rings. The van der Waals surface area contributed by atoms with E-state index >= 15 is 0 Å². The molecule has 1 atom stereocenters. The number of amides is 1. The third-order valence-electron chi connectivity index (χ3n) is 6.63. The van der Waals surface area contributed by atoms with Crippen molar-refractivity contribution in [3.8, 4) is 5.95 Å². The summed E-state index contributed by atoms with van der Waals surface area (Å²) in [7, 11) is 0. The minimum Gasteiger partial charge on any atom is -0.342 e. The van der Waals surface area contributed by atoms with Gasteiger partial charge in [-0.2, -0.15) is 14.8 Å². The SMILES string of the molecule is CC(=O)N1CC(CN2CC[C@H](Cc3nc(-n4nc(C(C)C)c5cccc(F)c54)no3)C2)C1. The Morgan fingerprint density at radius 2 is 2.06 bits per heavy atom. The van der Waals surface area contributed by atoms with Gasteiger partial charge in [0, 0.05) is 50.8 Å². The molecule has 2 aliphatic heterocycles. The number of nitrogens with zero attached hydrogens (tertiary/aromatic N) is 6. The van der Waals surface area contributed by atoms with E-state index in [2.05, 4.69) is 20.1 Å². The second kappa shape index (κ2) is 8.27. The average molecular weight is 441 g/mol. The van der Waals surface area contributed by atoms with E-state index in [9.17, 15) is 9.18 Å². The van der Waals surface area contributed by atoms with E-state index in [1.165, 1.54) is 10.7 Å². The zero-order valence-electron chi connectivity index (χ0n) is 18.8. The summed E-state index contributed by atoms with van der Waals surface area (Å²) in [5.41, 5.74) is 1.20. The summed E-state index contributed by atoms with van der Waals surface area (Å²) in [5, 5.41) is 9.48. The molecule has 2 aliphatic rings. The van der Waals surface area contributed by atoms with Crippen LogP contribution in [0.15, 0.2) is 22.7 Å². The zero-order chi connectivity index (χ0) is 22.4. The van der Waals surface area contributed by atoms with Gasteiger partial charge < -0.3 is 14.3 Å². The second-order valence-corrected chi connectivity index (χ2v) is 9.48. The van der Waals surface area contributed by atoms with Crippen molar-refractivity contribution in [2.75, 3.05) is 32.7 Å². The van der Waals surface area contributed by atoms with Crippen LogP contribution in [0.4, 0.5) is 4.39 Å². The summed E-state index contributed by atoms with van der Waals surface area (Å²) in [6.45, 7) is 10.5. The maximum Gasteiger partial charge on any atom is 0.291 e. The van der Waals surface area contributed by atoms with Gasteiger partial charge in [-0.1, -0.05) is 26.0 Å². The molecule has 0 bridgehead atoms. The molecular formula is C23H29FN6O2. The van der Waals surface area contributed by atoms with Crippen LogP contribution in [0.25, 0.3) is 16.9 Å². The van der Waals surface area contributed by atoms with Crippen LogP contribution in [0.2, 0.25) is 0 Å². The van der Waals surface area contributed by atoms with Crippen molar-refractivity contribution < 1.29 is 13.7 Å². The van der Waals surface area contributed by atoms with Gasteiger partial charge in [-0.3, -0.25) is 4.79 Å². The minimum absolute atomic E-state index is 0.148. The lowest BCUT2D eigenvalue weighted by molar-refractivity contribution is -0.135. The number of likely N-dealkylation sites (tertiary alicyclic amines) is 2. The first-order valence-corrected chi connectivity index (χ1v) is 11.4. The van der Waals surface area contributed by atoms with Crippen LogP contribution in [0.3, 0.4) is 0 Å². The van der Waals surface area contributed by atoms with E-state index < -0.39 is 0 Å². The average Bonchev–Trinajstić information content (AvgIpc) is 3.43. The first-order valence-electron chi connectivity index (χ1n) is 11.4. The van der Waals surface area contributed by atoms with Gasteiger partial charge in [0.2, 0.25) is 11.8 Å². The van der Waals surface area contributed by atoms with Crippen LogP contribution in [0.1, 0.15) is 44.7 Å². The monoisotopic (exact) mass is 440 g/mol. The quantitative estimate of drug-likeness (QED) is 0.586. The summed E-state index contributed by atoms with van der Waals surface area (Å²) in [6, 6.07) is 5.00. The molecule has 32 heavy (non-hydrogen) atoms. The van der Waals surface area contributed by atoms with Gasteiger partial charge in [0.05, 0.1) is 5.69 Å². The molecule has 9 heteroatoms. The van der Waals surface area contributed by atoms with Crippen molar-refractivity contribution in [3.05, 3.63) is 35.6 Å². The van der Waals surface area contributed by atoms with Gasteiger partial charge in [-0.05, 0) is 36.0 Å². The molecule has 4 heterocycles. The number of aromatic nitrogens is 4. The van der Waals surface area contributed by atoms with Crippen LogP contribution in [-0.2, 0) is 11.2 Å². The molecule has 2 saturated heterocycles. The minimum atomic E-state index is -0.348. The van der Waals surface area contributed by atoms with Gasteiger partial charge in [-0.25, -0.2) is 4.39 Å². The number of para-hydroxylation sites is 1. The smallest absolute Gasteiger partial charge is 0.291 e. The van der Waals surface area contributed by atoms with E-state index in [4.69, 9.17) is 4.52 Å². The molecule has 2 fully saturated rings. The van der Waals surface area contributed by atoms with E-state index in [1.54, 1.807) is 13.0 Å². The topological polar surface area (TPSA) is 80.3 Å². The summed E-state index contributed by atoms with van der Waals surface area (Å²) < 4.78 is 21.6. The molecule has 2 aromatic heterocycles. The largest absolute Gasteiger partial charge is 0.342 e. The van der Waals surface area contributed by atoms with Crippen molar-refractivity contribution in [1.29, 1.82) is 0 Å². The number of halogens is 1. The number of hydrogen-bond donors (Lipinski definition) is 0. The van der Waals surface area contributed by atoms with Crippen molar-refractivity contribution in [3.63, 3.8) is 0 Å². The van der Waals surface area contributed by atoms with Gasteiger partial charge in [-0.15, -0.1) is 0 Å². The van der Waals surface area contributed by atoms with E-state index in [1.807, 2.05) is 24.8 Å². The number of carbonyl (C=O) groups excluding carboxylic acids is 1. The molecule has 0 N–H and O–H groups in total. The lowest BCUT2D eigenvalue weighted by Crippen LogP contribution is -2.52. The van der Waals surface area contributed by atoms with Crippen LogP contribution >= 0.6 is 0 Å². The molecule has 5 rings (SSSR count). The van der Waals surface area contributed by atoms with E-state index in [0.29, 0.717) is 29.7 Å². The first-order chi connectivity index (χ1) is 15.4. The molecule has 0 unspecified atom stereocenters. The Labute approximate surface area is 186 Å². The van der Waals surface area contributed by atoms with Gasteiger partial charge >= 0.3 is 0 Å². The van der Waals surface area contributed by atoms with Gasteiger partial charge in [0.25, 0.3) is 5.95 Å². The first kappa shape index (κ1) is 21.1. The highest BCUT2D eigenvalue weighted by Gasteiger charge is 2.33. The Bertz CT molecular complexity index is 1130. The lowest BCUT2D eigenvalue weighted by atomic mass is 9.99. The van der Waals surface area contributed by atoms with Crippen LogP contribution < -0.4 is 0 Å². The summed E-state index contributed by atoms with van der Waals surface area (Å²) in [4.78, 5) is 20.3. The number of rotatable bonds is 6. The van der Waals surface area contributed by atoms with Crippen molar-refractivity contribution >= 4 is 16.8 Å². The van der Waals surface area contributed by atoms with Crippen molar-refractivity contribution in [2.24, 2.45) is 11.8 Å². The number of hydrogen-bond acceptors (Lipinski definition) is 6. The number of fused-ring (bicyclic) bond motifs is 1. The van der Waals surface area contributed by atoms with E-state index in [-0.39, 0.29) is 23.6 Å². The highest BCUT2D eigenvalue weighted by Crippen LogP contribution is 2.29. The molecule has 170 valence electrons. The Kier molecular flexibility index (Phi) is 5.44. The maximum absolute atomic E-state index is 14.6. The van der Waals surface area contributed by atoms with E-state index in [0.717, 1.165) is 50.2 Å². The lowest BCUT2D eigenvalue weighted by Gasteiger charge is -2.40. The predicted octanol–water partition coefficient (Wildman–Crippen LogP) is 3.01. The van der Waals surface area contributed by atoms with Gasteiger partial charge in [0.15, 0.2) is 0 Å². The Balaban J connectivity index is 1.25. The maximum atomic E-state index is 14.6. The number of carbonyl (C=O) groups is 1. The Hall–Kier alpha value is -2.81. The summed E-state index contributed by atoms with van der Waals surface area (Å²) in [6.07, 6.45) is 1.78. The molecule has 1 amide bonds.